The van der Waals surface area contributed by atoms with Crippen molar-refractivity contribution in [1.29, 1.82) is 0 Å². The Hall–Kier alpha value is -0.0800. The molecule has 0 aromatic carbocycles. The topological polar surface area (TPSA) is 40.5 Å². The zero-order valence-corrected chi connectivity index (χ0v) is 5.26. The van der Waals surface area contributed by atoms with Crippen molar-refractivity contribution in [2.24, 2.45) is 5.92 Å². The van der Waals surface area contributed by atoms with Crippen LogP contribution in [0.25, 0.3) is 0 Å². The van der Waals surface area contributed by atoms with Gasteiger partial charge in [-0.1, -0.05) is 6.92 Å². The van der Waals surface area contributed by atoms with Crippen molar-refractivity contribution in [1.82, 2.24) is 0 Å². The summed E-state index contributed by atoms with van der Waals surface area (Å²) in [5.41, 5.74) is -0.598. The van der Waals surface area contributed by atoms with E-state index in [9.17, 15) is 5.11 Å². The zero-order valence-electron chi connectivity index (χ0n) is 5.26. The van der Waals surface area contributed by atoms with Gasteiger partial charge in [0.2, 0.25) is 0 Å². The van der Waals surface area contributed by atoms with E-state index in [0.717, 1.165) is 0 Å². The number of aliphatic hydroxyl groups is 2. The number of rotatable bonds is 0. The molecule has 1 rings (SSSR count). The van der Waals surface area contributed by atoms with Gasteiger partial charge < -0.3 is 10.2 Å². The molecule has 0 amide bonds. The standard InChI is InChI=1S/C6H12O2/c1-4-5(7)3-6(4,2)8/h4-5,7-8H,3H2,1-2H3/t4-,5-,6+/m0/s1. The SMILES string of the molecule is C[C@H]1[C@@H](O)C[C@@]1(C)O. The predicted molar refractivity (Wildman–Crippen MR) is 30.4 cm³/mol. The van der Waals surface area contributed by atoms with Crippen molar-refractivity contribution in [2.75, 3.05) is 0 Å². The van der Waals surface area contributed by atoms with E-state index in [4.69, 9.17) is 5.11 Å². The van der Waals surface area contributed by atoms with Gasteiger partial charge >= 0.3 is 0 Å². The second-order valence-electron chi connectivity index (χ2n) is 2.92. The quantitative estimate of drug-likeness (QED) is 0.472. The van der Waals surface area contributed by atoms with Crippen LogP contribution >= 0.6 is 0 Å². The van der Waals surface area contributed by atoms with Gasteiger partial charge in [-0.05, 0) is 6.92 Å². The highest BCUT2D eigenvalue weighted by molar-refractivity contribution is 4.96. The fourth-order valence-electron chi connectivity index (χ4n) is 1.04. The molecule has 2 N–H and O–H groups in total. The molecule has 0 spiro atoms. The van der Waals surface area contributed by atoms with Gasteiger partial charge in [0.05, 0.1) is 11.7 Å². The van der Waals surface area contributed by atoms with Crippen molar-refractivity contribution < 1.29 is 10.2 Å². The third-order valence-electron chi connectivity index (χ3n) is 2.18. The summed E-state index contributed by atoms with van der Waals surface area (Å²) >= 11 is 0. The minimum absolute atomic E-state index is 0.0579. The summed E-state index contributed by atoms with van der Waals surface area (Å²) in [6.07, 6.45) is 0.263. The maximum absolute atomic E-state index is 9.19. The molecule has 0 saturated heterocycles. The Morgan fingerprint density at radius 2 is 2.12 bits per heavy atom. The van der Waals surface area contributed by atoms with Gasteiger partial charge in [0.1, 0.15) is 0 Å². The van der Waals surface area contributed by atoms with E-state index in [0.29, 0.717) is 6.42 Å². The van der Waals surface area contributed by atoms with Crippen LogP contribution in [0.5, 0.6) is 0 Å². The first-order valence-corrected chi connectivity index (χ1v) is 2.94. The van der Waals surface area contributed by atoms with Crippen LogP contribution in [0.15, 0.2) is 0 Å². The Morgan fingerprint density at radius 3 is 2.12 bits per heavy atom. The molecule has 3 atom stereocenters. The second-order valence-corrected chi connectivity index (χ2v) is 2.92. The molecule has 1 saturated carbocycles. The van der Waals surface area contributed by atoms with Crippen LogP contribution in [-0.4, -0.2) is 21.9 Å². The van der Waals surface area contributed by atoms with Gasteiger partial charge in [-0.2, -0.15) is 0 Å². The Kier molecular flexibility index (Phi) is 1.10. The van der Waals surface area contributed by atoms with Crippen LogP contribution < -0.4 is 0 Å². The minimum Gasteiger partial charge on any atom is -0.393 e. The van der Waals surface area contributed by atoms with Gasteiger partial charge in [-0.15, -0.1) is 0 Å². The van der Waals surface area contributed by atoms with E-state index >= 15 is 0 Å². The zero-order chi connectivity index (χ0) is 6.36. The van der Waals surface area contributed by atoms with E-state index in [2.05, 4.69) is 0 Å². The number of hydrogen-bond donors (Lipinski definition) is 2. The second kappa shape index (κ2) is 1.45. The molecule has 8 heavy (non-hydrogen) atoms. The molecular formula is C6H12O2. The van der Waals surface area contributed by atoms with E-state index in [1.807, 2.05) is 6.92 Å². The van der Waals surface area contributed by atoms with Gasteiger partial charge in [-0.3, -0.25) is 0 Å². The van der Waals surface area contributed by atoms with Gasteiger partial charge in [0.15, 0.2) is 0 Å². The molecule has 0 aliphatic heterocycles. The first-order valence-electron chi connectivity index (χ1n) is 2.94. The molecule has 48 valence electrons. The molecule has 2 nitrogen and oxygen atoms in total. The van der Waals surface area contributed by atoms with Gasteiger partial charge in [-0.25, -0.2) is 0 Å². The van der Waals surface area contributed by atoms with Gasteiger partial charge in [0.25, 0.3) is 0 Å². The molecule has 0 aromatic rings. The molecule has 1 fully saturated rings. The van der Waals surface area contributed by atoms with Crippen molar-refractivity contribution >= 4 is 0 Å². The Bertz CT molecular complexity index is 98.7. The first kappa shape index (κ1) is 6.05. The summed E-state index contributed by atoms with van der Waals surface area (Å²) < 4.78 is 0. The van der Waals surface area contributed by atoms with Gasteiger partial charge in [0, 0.05) is 12.3 Å². The van der Waals surface area contributed by atoms with E-state index < -0.39 is 5.60 Å². The summed E-state index contributed by atoms with van der Waals surface area (Å²) in [6.45, 7) is 3.61. The highest BCUT2D eigenvalue weighted by Crippen LogP contribution is 2.37. The third kappa shape index (κ3) is 0.644. The monoisotopic (exact) mass is 116 g/mol. The molecule has 1 aliphatic rings. The average Bonchev–Trinajstić information content (AvgIpc) is 1.65. The lowest BCUT2D eigenvalue weighted by molar-refractivity contribution is -0.154. The molecule has 1 aliphatic carbocycles. The maximum atomic E-state index is 9.19. The lowest BCUT2D eigenvalue weighted by atomic mass is 9.69. The minimum atomic E-state index is -0.598. The van der Waals surface area contributed by atoms with E-state index in [-0.39, 0.29) is 12.0 Å². The van der Waals surface area contributed by atoms with Crippen molar-refractivity contribution in [3.05, 3.63) is 0 Å². The smallest absolute Gasteiger partial charge is 0.0694 e. The normalized spacial score (nSPS) is 55.5. The van der Waals surface area contributed by atoms with Crippen LogP contribution in [0.3, 0.4) is 0 Å². The van der Waals surface area contributed by atoms with Crippen LogP contribution in [0.1, 0.15) is 20.3 Å². The third-order valence-corrected chi connectivity index (χ3v) is 2.18. The molecule has 0 heterocycles. The largest absolute Gasteiger partial charge is 0.393 e. The van der Waals surface area contributed by atoms with E-state index in [1.165, 1.54) is 0 Å². The number of hydrogen-bond acceptors (Lipinski definition) is 2. The van der Waals surface area contributed by atoms with Crippen LogP contribution in [-0.2, 0) is 0 Å². The fourth-order valence-corrected chi connectivity index (χ4v) is 1.04. The molecule has 0 aromatic heterocycles. The predicted octanol–water partition coefficient (Wildman–Crippen LogP) is 0.138. The Balaban J connectivity index is 2.47. The molecule has 0 radical (unpaired) electrons. The Labute approximate surface area is 49.1 Å². The maximum Gasteiger partial charge on any atom is 0.0694 e. The molecule has 0 unspecified atom stereocenters. The van der Waals surface area contributed by atoms with Crippen LogP contribution in [0, 0.1) is 5.92 Å². The summed E-state index contributed by atoms with van der Waals surface area (Å²) in [5, 5.41) is 18.1. The first-order chi connectivity index (χ1) is 3.54. The highest BCUT2D eigenvalue weighted by Gasteiger charge is 2.45. The lowest BCUT2D eigenvalue weighted by Gasteiger charge is -2.45. The number of aliphatic hydroxyl groups excluding tert-OH is 1. The van der Waals surface area contributed by atoms with Crippen molar-refractivity contribution in [3.8, 4) is 0 Å². The molecular weight excluding hydrogens is 104 g/mol. The summed E-state index contributed by atoms with van der Waals surface area (Å²) in [5.74, 6) is 0.0579. The van der Waals surface area contributed by atoms with Crippen molar-refractivity contribution in [2.45, 2.75) is 32.0 Å². The average molecular weight is 116 g/mol. The molecule has 2 heteroatoms. The Morgan fingerprint density at radius 1 is 1.62 bits per heavy atom. The van der Waals surface area contributed by atoms with Crippen LogP contribution in [0.2, 0.25) is 0 Å². The fraction of sp³-hybridized carbons (Fsp3) is 1.00. The summed E-state index contributed by atoms with van der Waals surface area (Å²) in [4.78, 5) is 0. The van der Waals surface area contributed by atoms with E-state index in [1.54, 1.807) is 6.92 Å². The highest BCUT2D eigenvalue weighted by atomic mass is 16.3. The van der Waals surface area contributed by atoms with Crippen molar-refractivity contribution in [3.63, 3.8) is 0 Å². The summed E-state index contributed by atoms with van der Waals surface area (Å²) in [7, 11) is 0. The lowest BCUT2D eigenvalue weighted by Crippen LogP contribution is -2.53. The van der Waals surface area contributed by atoms with Crippen LogP contribution in [0.4, 0.5) is 0 Å². The molecule has 0 bridgehead atoms. The summed E-state index contributed by atoms with van der Waals surface area (Å²) in [6, 6.07) is 0.